The van der Waals surface area contributed by atoms with Crippen LogP contribution in [0.2, 0.25) is 0 Å². The van der Waals surface area contributed by atoms with Crippen LogP contribution in [-0.4, -0.2) is 40.0 Å². The van der Waals surface area contributed by atoms with Gasteiger partial charge in [-0.3, -0.25) is 9.48 Å². The van der Waals surface area contributed by atoms with E-state index in [1.54, 1.807) is 9.58 Å². The molecule has 0 radical (unpaired) electrons. The number of amides is 1. The van der Waals surface area contributed by atoms with Gasteiger partial charge in [0.1, 0.15) is 12.0 Å². The second-order valence-electron chi connectivity index (χ2n) is 6.66. The maximum Gasteiger partial charge on any atom is 0.260 e. The Kier molecular flexibility index (Phi) is 5.19. The van der Waals surface area contributed by atoms with E-state index in [0.29, 0.717) is 25.3 Å². The third-order valence-electron chi connectivity index (χ3n) is 4.85. The molecule has 1 amide bonds. The zero-order valence-electron chi connectivity index (χ0n) is 15.5. The molecule has 3 aromatic rings. The normalized spacial score (nSPS) is 13.1. The van der Waals surface area contributed by atoms with Crippen LogP contribution in [0.1, 0.15) is 11.3 Å². The number of hydrogen-bond donors (Lipinski definition) is 0. The maximum atomic E-state index is 12.7. The van der Waals surface area contributed by atoms with Gasteiger partial charge in [0.05, 0.1) is 17.9 Å². The van der Waals surface area contributed by atoms with E-state index < -0.39 is 0 Å². The van der Waals surface area contributed by atoms with Crippen LogP contribution in [-0.2, 0) is 29.1 Å². The number of para-hydroxylation sites is 1. The number of aldehydes is 1. The molecule has 142 valence electrons. The van der Waals surface area contributed by atoms with Crippen LogP contribution in [0.5, 0.6) is 5.75 Å². The summed E-state index contributed by atoms with van der Waals surface area (Å²) < 4.78 is 7.35. The lowest BCUT2D eigenvalue weighted by Crippen LogP contribution is -2.38. The van der Waals surface area contributed by atoms with Crippen molar-refractivity contribution >= 4 is 12.2 Å². The molecule has 2 heterocycles. The highest BCUT2D eigenvalue weighted by molar-refractivity contribution is 5.79. The molecule has 1 aliphatic rings. The number of carbonyl (C=O) groups excluding carboxylic acids is 2. The maximum absolute atomic E-state index is 12.7. The fourth-order valence-corrected chi connectivity index (χ4v) is 3.51. The summed E-state index contributed by atoms with van der Waals surface area (Å²) in [5.74, 6) is 0.619. The number of hydrogen-bond acceptors (Lipinski definition) is 4. The van der Waals surface area contributed by atoms with Gasteiger partial charge in [-0.2, -0.15) is 5.10 Å². The van der Waals surface area contributed by atoms with E-state index in [9.17, 15) is 9.59 Å². The predicted molar refractivity (Wildman–Crippen MR) is 105 cm³/mol. The van der Waals surface area contributed by atoms with Crippen molar-refractivity contribution in [2.24, 2.45) is 0 Å². The Morgan fingerprint density at radius 3 is 2.50 bits per heavy atom. The van der Waals surface area contributed by atoms with Crippen molar-refractivity contribution in [3.05, 3.63) is 71.9 Å². The fraction of sp³-hybridized carbons (Fsp3) is 0.227. The first kappa shape index (κ1) is 18.0. The van der Waals surface area contributed by atoms with Gasteiger partial charge in [-0.05, 0) is 12.1 Å². The first-order chi connectivity index (χ1) is 13.8. The Balaban J connectivity index is 1.55. The minimum absolute atomic E-state index is 0.00247. The summed E-state index contributed by atoms with van der Waals surface area (Å²) >= 11 is 0. The van der Waals surface area contributed by atoms with Crippen LogP contribution in [0.25, 0.3) is 11.3 Å². The van der Waals surface area contributed by atoms with E-state index in [2.05, 4.69) is 5.10 Å². The minimum Gasteiger partial charge on any atom is -0.484 e. The van der Waals surface area contributed by atoms with Gasteiger partial charge in [-0.25, -0.2) is 0 Å². The van der Waals surface area contributed by atoms with Crippen LogP contribution >= 0.6 is 0 Å². The minimum atomic E-state index is -0.0587. The average molecular weight is 375 g/mol. The number of fused-ring (bicyclic) bond motifs is 1. The summed E-state index contributed by atoms with van der Waals surface area (Å²) in [6, 6.07) is 19.2. The Labute approximate surface area is 163 Å². The lowest BCUT2D eigenvalue weighted by atomic mass is 10.0. The Morgan fingerprint density at radius 1 is 1.07 bits per heavy atom. The third-order valence-corrected chi connectivity index (χ3v) is 4.85. The first-order valence-corrected chi connectivity index (χ1v) is 9.29. The zero-order chi connectivity index (χ0) is 19.3. The Bertz CT molecular complexity index is 967. The Morgan fingerprint density at radius 2 is 1.79 bits per heavy atom. The molecule has 0 saturated heterocycles. The van der Waals surface area contributed by atoms with Gasteiger partial charge >= 0.3 is 0 Å². The molecular weight excluding hydrogens is 354 g/mol. The quantitative estimate of drug-likeness (QED) is 0.622. The summed E-state index contributed by atoms with van der Waals surface area (Å²) in [5, 5.41) is 4.62. The van der Waals surface area contributed by atoms with E-state index in [0.717, 1.165) is 28.8 Å². The van der Waals surface area contributed by atoms with Crippen molar-refractivity contribution in [2.75, 3.05) is 13.2 Å². The fourth-order valence-electron chi connectivity index (χ4n) is 3.51. The number of benzene rings is 2. The van der Waals surface area contributed by atoms with Gasteiger partial charge in [0.15, 0.2) is 6.61 Å². The SMILES string of the molecule is O=CCn1nc2c(c1-c1ccccc1)CN(C(=O)COc1ccccc1)CC2. The third kappa shape index (κ3) is 3.67. The van der Waals surface area contributed by atoms with E-state index in [1.807, 2.05) is 60.7 Å². The van der Waals surface area contributed by atoms with Gasteiger partial charge in [0.2, 0.25) is 0 Å². The molecule has 6 nitrogen and oxygen atoms in total. The van der Waals surface area contributed by atoms with Gasteiger partial charge < -0.3 is 14.4 Å². The molecule has 28 heavy (non-hydrogen) atoms. The van der Waals surface area contributed by atoms with Gasteiger partial charge in [-0.1, -0.05) is 48.5 Å². The van der Waals surface area contributed by atoms with Crippen molar-refractivity contribution in [3.8, 4) is 17.0 Å². The van der Waals surface area contributed by atoms with Crippen molar-refractivity contribution < 1.29 is 14.3 Å². The van der Waals surface area contributed by atoms with Crippen molar-refractivity contribution in [1.82, 2.24) is 14.7 Å². The molecule has 0 unspecified atom stereocenters. The molecule has 0 spiro atoms. The van der Waals surface area contributed by atoms with E-state index >= 15 is 0 Å². The molecule has 0 bridgehead atoms. The zero-order valence-corrected chi connectivity index (χ0v) is 15.5. The standard InChI is InChI=1S/C22H21N3O3/c26-14-13-25-22(17-7-3-1-4-8-17)19-15-24(12-11-20(19)23-25)21(27)16-28-18-9-5-2-6-10-18/h1-10,14H,11-13,15-16H2. The topological polar surface area (TPSA) is 64.4 Å². The molecule has 1 aromatic heterocycles. The summed E-state index contributed by atoms with van der Waals surface area (Å²) in [6.07, 6.45) is 1.51. The molecule has 0 N–H and O–H groups in total. The van der Waals surface area contributed by atoms with E-state index in [1.165, 1.54) is 0 Å². The number of rotatable bonds is 6. The summed E-state index contributed by atoms with van der Waals surface area (Å²) in [6.45, 7) is 1.26. The number of aromatic nitrogens is 2. The molecule has 6 heteroatoms. The molecular formula is C22H21N3O3. The highest BCUT2D eigenvalue weighted by Gasteiger charge is 2.28. The first-order valence-electron chi connectivity index (χ1n) is 9.29. The molecule has 0 atom stereocenters. The molecule has 2 aromatic carbocycles. The van der Waals surface area contributed by atoms with Crippen molar-refractivity contribution in [1.29, 1.82) is 0 Å². The molecule has 1 aliphatic heterocycles. The van der Waals surface area contributed by atoms with Crippen LogP contribution in [0.3, 0.4) is 0 Å². The van der Waals surface area contributed by atoms with E-state index in [4.69, 9.17) is 4.74 Å². The van der Waals surface area contributed by atoms with Crippen molar-refractivity contribution in [2.45, 2.75) is 19.5 Å². The molecule has 4 rings (SSSR count). The summed E-state index contributed by atoms with van der Waals surface area (Å²) in [7, 11) is 0. The van der Waals surface area contributed by atoms with Gasteiger partial charge in [0, 0.05) is 30.6 Å². The average Bonchev–Trinajstić information content (AvgIpc) is 3.11. The summed E-state index contributed by atoms with van der Waals surface area (Å²) in [5.41, 5.74) is 3.86. The second kappa shape index (κ2) is 8.08. The molecule has 0 aliphatic carbocycles. The highest BCUT2D eigenvalue weighted by Crippen LogP contribution is 2.30. The Hall–Kier alpha value is -3.41. The van der Waals surface area contributed by atoms with E-state index in [-0.39, 0.29) is 19.1 Å². The van der Waals surface area contributed by atoms with Gasteiger partial charge in [0.25, 0.3) is 5.91 Å². The second-order valence-corrected chi connectivity index (χ2v) is 6.66. The monoisotopic (exact) mass is 375 g/mol. The highest BCUT2D eigenvalue weighted by atomic mass is 16.5. The number of ether oxygens (including phenoxy) is 1. The number of carbonyl (C=O) groups is 2. The number of nitrogens with zero attached hydrogens (tertiary/aromatic N) is 3. The molecule has 0 fully saturated rings. The van der Waals surface area contributed by atoms with Crippen molar-refractivity contribution in [3.63, 3.8) is 0 Å². The smallest absolute Gasteiger partial charge is 0.260 e. The summed E-state index contributed by atoms with van der Waals surface area (Å²) in [4.78, 5) is 25.6. The lowest BCUT2D eigenvalue weighted by molar-refractivity contribution is -0.134. The van der Waals surface area contributed by atoms with Crippen LogP contribution in [0.4, 0.5) is 0 Å². The van der Waals surface area contributed by atoms with Crippen LogP contribution < -0.4 is 4.74 Å². The largest absolute Gasteiger partial charge is 0.484 e. The molecule has 0 saturated carbocycles. The predicted octanol–water partition coefficient (Wildman–Crippen LogP) is 2.71. The van der Waals surface area contributed by atoms with Crippen LogP contribution in [0, 0.1) is 0 Å². The lowest BCUT2D eigenvalue weighted by Gasteiger charge is -2.27. The van der Waals surface area contributed by atoms with Gasteiger partial charge in [-0.15, -0.1) is 0 Å². The van der Waals surface area contributed by atoms with Crippen LogP contribution in [0.15, 0.2) is 60.7 Å².